The number of anilines is 2. The van der Waals surface area contributed by atoms with Crippen LogP contribution in [-0.2, 0) is 0 Å². The van der Waals surface area contributed by atoms with Crippen molar-refractivity contribution in [1.82, 2.24) is 0 Å². The number of benzene rings is 2. The highest BCUT2D eigenvalue weighted by Crippen LogP contribution is 2.29. The van der Waals surface area contributed by atoms with Gasteiger partial charge in [0.15, 0.2) is 5.78 Å². The molecule has 25 heavy (non-hydrogen) atoms. The van der Waals surface area contributed by atoms with Crippen LogP contribution in [0.25, 0.3) is 6.08 Å². The average Bonchev–Trinajstić information content (AvgIpc) is 2.61. The van der Waals surface area contributed by atoms with Crippen LogP contribution in [0.4, 0.5) is 11.4 Å². The number of hydrogen-bond donors (Lipinski definition) is 1. The number of Topliss-reactive ketones (excluding diaryl/α,β-unsaturated/α-hetero) is 1. The fourth-order valence-corrected chi connectivity index (χ4v) is 2.84. The van der Waals surface area contributed by atoms with Crippen molar-refractivity contribution < 1.29 is 14.3 Å². The molecule has 132 valence electrons. The zero-order valence-corrected chi connectivity index (χ0v) is 16.3. The smallest absolute Gasteiger partial charge is 0.200 e. The number of allylic oxidation sites excluding steroid dienone is 1. The van der Waals surface area contributed by atoms with Crippen molar-refractivity contribution >= 4 is 39.2 Å². The maximum atomic E-state index is 12.7. The fraction of sp³-hybridized carbons (Fsp3) is 0.211. The molecule has 0 aliphatic carbocycles. The van der Waals surface area contributed by atoms with Crippen molar-refractivity contribution in [2.75, 3.05) is 38.9 Å². The Bertz CT molecular complexity index is 816. The maximum absolute atomic E-state index is 12.7. The second kappa shape index (κ2) is 8.07. The number of ketones is 1. The molecule has 2 N–H and O–H groups in total. The zero-order valence-electron chi connectivity index (χ0n) is 14.7. The number of hydrogen-bond acceptors (Lipinski definition) is 5. The van der Waals surface area contributed by atoms with E-state index in [0.29, 0.717) is 27.2 Å². The first-order valence-electron chi connectivity index (χ1n) is 7.58. The standard InChI is InChI=1S/C19H21BrN2O3/c1-22(2)17-11-12(5-7-16(17)21)19(23)15(20)10-13-9-14(24-3)6-8-18(13)25-4/h5-11H,21H2,1-4H3/b15-10+. The van der Waals surface area contributed by atoms with Gasteiger partial charge in [0.05, 0.1) is 30.1 Å². The number of ether oxygens (including phenoxy) is 2. The van der Waals surface area contributed by atoms with Gasteiger partial charge in [0.1, 0.15) is 11.5 Å². The molecule has 0 amide bonds. The van der Waals surface area contributed by atoms with Gasteiger partial charge in [-0.1, -0.05) is 0 Å². The summed E-state index contributed by atoms with van der Waals surface area (Å²) in [6.45, 7) is 0. The van der Waals surface area contributed by atoms with Crippen LogP contribution in [0.3, 0.4) is 0 Å². The minimum Gasteiger partial charge on any atom is -0.497 e. The summed E-state index contributed by atoms with van der Waals surface area (Å²) in [5, 5.41) is 0. The lowest BCUT2D eigenvalue weighted by Crippen LogP contribution is -2.12. The third-order valence-electron chi connectivity index (χ3n) is 3.71. The first kappa shape index (κ1) is 18.9. The van der Waals surface area contributed by atoms with Crippen LogP contribution < -0.4 is 20.1 Å². The monoisotopic (exact) mass is 404 g/mol. The molecular formula is C19H21BrN2O3. The largest absolute Gasteiger partial charge is 0.497 e. The number of nitrogens with zero attached hydrogens (tertiary/aromatic N) is 1. The van der Waals surface area contributed by atoms with Crippen LogP contribution in [0.15, 0.2) is 40.9 Å². The van der Waals surface area contributed by atoms with Crippen LogP contribution in [0, 0.1) is 0 Å². The molecule has 0 atom stereocenters. The number of carbonyl (C=O) groups excluding carboxylic acids is 1. The van der Waals surface area contributed by atoms with Crippen molar-refractivity contribution in [2.24, 2.45) is 0 Å². The van der Waals surface area contributed by atoms with Gasteiger partial charge in [-0.05, 0) is 58.4 Å². The molecule has 0 spiro atoms. The molecule has 0 radical (unpaired) electrons. The van der Waals surface area contributed by atoms with E-state index >= 15 is 0 Å². The average molecular weight is 405 g/mol. The van der Waals surface area contributed by atoms with Crippen molar-refractivity contribution in [3.8, 4) is 11.5 Å². The van der Waals surface area contributed by atoms with E-state index in [4.69, 9.17) is 15.2 Å². The van der Waals surface area contributed by atoms with Crippen LogP contribution in [0.5, 0.6) is 11.5 Å². The molecule has 2 aromatic rings. The molecule has 0 fully saturated rings. The van der Waals surface area contributed by atoms with E-state index in [2.05, 4.69) is 15.9 Å². The third-order valence-corrected chi connectivity index (χ3v) is 4.30. The van der Waals surface area contributed by atoms with Gasteiger partial charge in [0.2, 0.25) is 0 Å². The first-order valence-corrected chi connectivity index (χ1v) is 8.37. The van der Waals surface area contributed by atoms with E-state index in [-0.39, 0.29) is 5.78 Å². The molecule has 5 nitrogen and oxygen atoms in total. The summed E-state index contributed by atoms with van der Waals surface area (Å²) in [7, 11) is 6.93. The summed E-state index contributed by atoms with van der Waals surface area (Å²) >= 11 is 3.38. The van der Waals surface area contributed by atoms with Gasteiger partial charge in [0.25, 0.3) is 0 Å². The van der Waals surface area contributed by atoms with Crippen LogP contribution in [-0.4, -0.2) is 34.1 Å². The highest BCUT2D eigenvalue weighted by molar-refractivity contribution is 9.12. The highest BCUT2D eigenvalue weighted by atomic mass is 79.9. The van der Waals surface area contributed by atoms with E-state index < -0.39 is 0 Å². The summed E-state index contributed by atoms with van der Waals surface area (Å²) < 4.78 is 11.0. The van der Waals surface area contributed by atoms with Gasteiger partial charge in [0, 0.05) is 25.2 Å². The topological polar surface area (TPSA) is 64.8 Å². The van der Waals surface area contributed by atoms with Crippen molar-refractivity contribution in [2.45, 2.75) is 0 Å². The zero-order chi connectivity index (χ0) is 18.6. The van der Waals surface area contributed by atoms with Gasteiger partial charge >= 0.3 is 0 Å². The van der Waals surface area contributed by atoms with Crippen LogP contribution >= 0.6 is 15.9 Å². The normalized spacial score (nSPS) is 11.2. The Morgan fingerprint density at radius 1 is 1.12 bits per heavy atom. The lowest BCUT2D eigenvalue weighted by atomic mass is 10.1. The Hall–Kier alpha value is -2.47. The molecule has 0 bridgehead atoms. The molecule has 0 saturated heterocycles. The Morgan fingerprint density at radius 2 is 1.84 bits per heavy atom. The third kappa shape index (κ3) is 4.33. The molecule has 2 aromatic carbocycles. The number of rotatable bonds is 6. The second-order valence-electron chi connectivity index (χ2n) is 5.60. The van der Waals surface area contributed by atoms with Gasteiger partial charge in [-0.3, -0.25) is 4.79 Å². The number of nitrogens with two attached hydrogens (primary N) is 1. The van der Waals surface area contributed by atoms with Crippen LogP contribution in [0.2, 0.25) is 0 Å². The minimum atomic E-state index is -0.145. The van der Waals surface area contributed by atoms with Crippen molar-refractivity contribution in [3.63, 3.8) is 0 Å². The maximum Gasteiger partial charge on any atom is 0.200 e. The quantitative estimate of drug-likeness (QED) is 0.448. The molecule has 6 heteroatoms. The summed E-state index contributed by atoms with van der Waals surface area (Å²) in [6.07, 6.45) is 1.72. The summed E-state index contributed by atoms with van der Waals surface area (Å²) in [6, 6.07) is 10.6. The summed E-state index contributed by atoms with van der Waals surface area (Å²) in [5.41, 5.74) is 8.65. The Kier molecular flexibility index (Phi) is 6.09. The predicted molar refractivity (Wildman–Crippen MR) is 106 cm³/mol. The molecule has 2 rings (SSSR count). The van der Waals surface area contributed by atoms with Gasteiger partial charge in [-0.15, -0.1) is 0 Å². The number of nitrogen functional groups attached to an aromatic ring is 1. The van der Waals surface area contributed by atoms with Gasteiger partial charge in [-0.25, -0.2) is 0 Å². The van der Waals surface area contributed by atoms with Crippen LogP contribution in [0.1, 0.15) is 15.9 Å². The van der Waals surface area contributed by atoms with E-state index in [1.807, 2.05) is 25.1 Å². The molecule has 0 unspecified atom stereocenters. The molecule has 0 aliphatic heterocycles. The van der Waals surface area contributed by atoms with Gasteiger partial charge < -0.3 is 20.1 Å². The number of carbonyl (C=O) groups is 1. The second-order valence-corrected chi connectivity index (χ2v) is 6.45. The van der Waals surface area contributed by atoms with Crippen molar-refractivity contribution in [3.05, 3.63) is 52.0 Å². The van der Waals surface area contributed by atoms with E-state index in [1.165, 1.54) is 0 Å². The molecule has 0 heterocycles. The summed E-state index contributed by atoms with van der Waals surface area (Å²) in [5.74, 6) is 1.19. The Morgan fingerprint density at radius 3 is 2.44 bits per heavy atom. The fourth-order valence-electron chi connectivity index (χ4n) is 2.36. The lowest BCUT2D eigenvalue weighted by molar-refractivity contribution is 0.104. The number of methoxy groups -OCH3 is 2. The molecule has 0 aromatic heterocycles. The summed E-state index contributed by atoms with van der Waals surface area (Å²) in [4.78, 5) is 14.6. The van der Waals surface area contributed by atoms with E-state index in [0.717, 1.165) is 11.3 Å². The predicted octanol–water partition coefficient (Wildman–Crippen LogP) is 3.97. The van der Waals surface area contributed by atoms with Crippen molar-refractivity contribution in [1.29, 1.82) is 0 Å². The van der Waals surface area contributed by atoms with E-state index in [9.17, 15) is 4.79 Å². The molecule has 0 saturated carbocycles. The highest BCUT2D eigenvalue weighted by Gasteiger charge is 2.14. The lowest BCUT2D eigenvalue weighted by Gasteiger charge is -2.16. The Balaban J connectivity index is 2.40. The SMILES string of the molecule is COc1ccc(OC)c(/C=C(/Br)C(=O)c2ccc(N)c(N(C)C)c2)c1. The first-order chi connectivity index (χ1) is 11.9. The molecular weight excluding hydrogens is 384 g/mol. The van der Waals surface area contributed by atoms with Gasteiger partial charge in [-0.2, -0.15) is 0 Å². The van der Waals surface area contributed by atoms with E-state index in [1.54, 1.807) is 50.6 Å². The Labute approximate surface area is 156 Å². The minimum absolute atomic E-state index is 0.145. The molecule has 0 aliphatic rings. The number of halogens is 1.